The second-order valence-electron chi connectivity index (χ2n) is 18.6. The number of hydrogen-bond donors (Lipinski definition) is 5. The van der Waals surface area contributed by atoms with E-state index in [1.54, 1.807) is 72.4 Å². The summed E-state index contributed by atoms with van der Waals surface area (Å²) in [5, 5.41) is 30.1. The van der Waals surface area contributed by atoms with E-state index >= 15 is 0 Å². The van der Waals surface area contributed by atoms with Crippen molar-refractivity contribution in [3.8, 4) is 0 Å². The Morgan fingerprint density at radius 1 is 0.639 bits per heavy atom. The first-order chi connectivity index (χ1) is 40.0. The van der Waals surface area contributed by atoms with Gasteiger partial charge >= 0.3 is 10.1 Å². The molecule has 430 valence electrons. The Morgan fingerprint density at radius 3 is 1.61 bits per heavy atom. The maximum absolute atomic E-state index is 13.3. The van der Waals surface area contributed by atoms with Gasteiger partial charge in [0.25, 0.3) is 11.8 Å². The number of benzene rings is 4. The number of amides is 2. The zero-order valence-electron chi connectivity index (χ0n) is 46.4. The smallest absolute Gasteiger partial charge is 0.313 e. The highest BCUT2D eigenvalue weighted by molar-refractivity contribution is 7.99. The SMILES string of the molecule is CCN(CC)c1ccc(N=Nc2ncc(C=C(C(C)=O)C(=O)Nc3ccccc3)s2)c(Nc2nc(Nc3cc(N(CC)CC)ccc3N=Nc3nc(S(=O)(=O)O)c(C=C(C(C)=O)C(=O)Nc4ccccc4)s3)nc(SC3CCCCC3)n2)c1. The number of nitrogens with one attached hydrogen (secondary N) is 4. The minimum atomic E-state index is -4.98. The van der Waals surface area contributed by atoms with E-state index < -0.39 is 38.5 Å². The third-order valence-corrected chi connectivity index (χ3v) is 16.7. The van der Waals surface area contributed by atoms with Crippen LogP contribution in [0.2, 0.25) is 0 Å². The molecule has 22 nitrogen and oxygen atoms in total. The fourth-order valence-corrected chi connectivity index (χ4v) is 12.2. The van der Waals surface area contributed by atoms with Crippen molar-refractivity contribution in [1.29, 1.82) is 0 Å². The largest absolute Gasteiger partial charge is 0.372 e. The zero-order chi connectivity index (χ0) is 59.0. The maximum atomic E-state index is 13.3. The predicted octanol–water partition coefficient (Wildman–Crippen LogP) is 13.7. The second kappa shape index (κ2) is 28.5. The molecular weight excluding hydrogens is 1130 g/mol. The molecule has 3 aromatic heterocycles. The molecule has 8 rings (SSSR count). The Hall–Kier alpha value is -8.43. The fourth-order valence-electron chi connectivity index (χ4n) is 8.66. The van der Waals surface area contributed by atoms with Crippen LogP contribution in [0.3, 0.4) is 0 Å². The Labute approximate surface area is 493 Å². The number of rotatable bonds is 25. The molecule has 83 heavy (non-hydrogen) atoms. The lowest BCUT2D eigenvalue weighted by molar-refractivity contribution is -0.120. The summed E-state index contributed by atoms with van der Waals surface area (Å²) in [6.45, 7) is 13.5. The van der Waals surface area contributed by atoms with Gasteiger partial charge in [0, 0.05) is 60.4 Å². The first-order valence-electron chi connectivity index (χ1n) is 26.7. The molecule has 0 spiro atoms. The Bertz CT molecular complexity index is 3710. The van der Waals surface area contributed by atoms with Gasteiger partial charge in [-0.3, -0.25) is 23.7 Å². The number of Topliss-reactive ketones (excluding diaryl/α,β-unsaturated/α-hetero) is 2. The van der Waals surface area contributed by atoms with Crippen molar-refractivity contribution in [2.75, 3.05) is 57.2 Å². The minimum Gasteiger partial charge on any atom is -0.372 e. The van der Waals surface area contributed by atoms with Crippen LogP contribution in [0.5, 0.6) is 0 Å². The summed E-state index contributed by atoms with van der Waals surface area (Å²) < 4.78 is 35.6. The molecule has 4 aromatic carbocycles. The molecule has 0 radical (unpaired) electrons. The molecule has 0 unspecified atom stereocenters. The van der Waals surface area contributed by atoms with Crippen molar-refractivity contribution in [2.24, 2.45) is 20.5 Å². The molecule has 0 aliphatic heterocycles. The maximum Gasteiger partial charge on any atom is 0.313 e. The van der Waals surface area contributed by atoms with Crippen LogP contribution in [0, 0.1) is 0 Å². The van der Waals surface area contributed by atoms with Crippen LogP contribution in [0.25, 0.3) is 12.2 Å². The van der Waals surface area contributed by atoms with Crippen molar-refractivity contribution >= 4 is 148 Å². The predicted molar refractivity (Wildman–Crippen MR) is 329 cm³/mol. The van der Waals surface area contributed by atoms with Crippen LogP contribution in [0.15, 0.2) is 145 Å². The van der Waals surface area contributed by atoms with Crippen LogP contribution >= 0.6 is 34.4 Å². The second-order valence-corrected chi connectivity index (χ2v) is 23.2. The van der Waals surface area contributed by atoms with Crippen molar-refractivity contribution < 1.29 is 32.1 Å². The standard InChI is InChI=1S/C57H61N15O7S4/c1-7-71(8-2)39-26-28-45(67-69-55-58-34-42(81-55)32-43(35(5)73)50(75)59-37-20-14-11-15-21-37)47(30-39)61-53-64-54(66-56(65-53)80-41-24-18-13-19-25-41)62-48-31-40(72(9-3)10-4)27-29-46(48)68-70-57-63-52(83(77,78)79)49(82-57)33-44(36(6)74)51(76)60-38-22-16-12-17-23-38/h11-12,14-17,20-23,26-34,41H,7-10,13,18-19,24-25H2,1-6H3,(H,59,75)(H,60,76)(H,77,78,79)(H2,61,62,64,65,66). The third-order valence-electron chi connectivity index (χ3n) is 12.9. The van der Waals surface area contributed by atoms with E-state index in [9.17, 15) is 32.1 Å². The number of hydrogen-bond acceptors (Lipinski definition) is 22. The quantitative estimate of drug-likeness (QED) is 0.0117. The van der Waals surface area contributed by atoms with Gasteiger partial charge in [-0.2, -0.15) is 23.4 Å². The number of thioether (sulfide) groups is 1. The summed E-state index contributed by atoms with van der Waals surface area (Å²) in [5.41, 5.74) is 3.88. The number of anilines is 8. The van der Waals surface area contributed by atoms with E-state index in [-0.39, 0.29) is 49.1 Å². The molecule has 0 saturated heterocycles. The van der Waals surface area contributed by atoms with E-state index in [0.29, 0.717) is 62.9 Å². The van der Waals surface area contributed by atoms with E-state index in [1.165, 1.54) is 19.2 Å². The molecule has 1 aliphatic carbocycles. The van der Waals surface area contributed by atoms with Gasteiger partial charge in [-0.1, -0.05) is 90.1 Å². The van der Waals surface area contributed by atoms with Gasteiger partial charge in [0.15, 0.2) is 16.7 Å². The Balaban J connectivity index is 1.14. The summed E-state index contributed by atoms with van der Waals surface area (Å²) in [6.07, 6.45) is 9.35. The highest BCUT2D eigenvalue weighted by atomic mass is 32.2. The lowest BCUT2D eigenvalue weighted by Gasteiger charge is -2.23. The van der Waals surface area contributed by atoms with Crippen LogP contribution in [-0.2, 0) is 29.3 Å². The Kier molecular flexibility index (Phi) is 20.8. The molecular formula is C57H61N15O7S4. The van der Waals surface area contributed by atoms with Gasteiger partial charge in [0.2, 0.25) is 27.2 Å². The topological polar surface area (TPSA) is 291 Å². The molecule has 2 amide bonds. The summed E-state index contributed by atoms with van der Waals surface area (Å²) >= 11 is 3.41. The molecule has 0 bridgehead atoms. The third kappa shape index (κ3) is 16.6. The van der Waals surface area contributed by atoms with Gasteiger partial charge < -0.3 is 31.1 Å². The molecule has 7 aromatic rings. The van der Waals surface area contributed by atoms with E-state index in [1.807, 2.05) is 50.2 Å². The number of carbonyl (C=O) groups is 4. The number of carbonyl (C=O) groups excluding carboxylic acids is 4. The summed E-state index contributed by atoms with van der Waals surface area (Å²) in [5.74, 6) is -2.09. The molecule has 3 heterocycles. The molecule has 26 heteroatoms. The Morgan fingerprint density at radius 2 is 1.13 bits per heavy atom. The average molecular weight is 1200 g/mol. The first kappa shape index (κ1) is 60.7. The highest BCUT2D eigenvalue weighted by Gasteiger charge is 2.25. The lowest BCUT2D eigenvalue weighted by Crippen LogP contribution is -2.21. The van der Waals surface area contributed by atoms with Crippen molar-refractivity contribution in [1.82, 2.24) is 24.9 Å². The van der Waals surface area contributed by atoms with E-state index in [0.717, 1.165) is 80.9 Å². The molecule has 1 fully saturated rings. The fraction of sp³-hybridized carbons (Fsp3) is 0.281. The van der Waals surface area contributed by atoms with Gasteiger partial charge in [0.05, 0.1) is 32.3 Å². The molecule has 1 aliphatic rings. The molecule has 5 N–H and O–H groups in total. The highest BCUT2D eigenvalue weighted by Crippen LogP contribution is 2.39. The van der Waals surface area contributed by atoms with E-state index in [2.05, 4.69) is 75.3 Å². The monoisotopic (exact) mass is 1200 g/mol. The normalized spacial score (nSPS) is 13.3. The zero-order valence-corrected chi connectivity index (χ0v) is 49.6. The van der Waals surface area contributed by atoms with Crippen LogP contribution in [0.1, 0.15) is 83.4 Å². The summed E-state index contributed by atoms with van der Waals surface area (Å²) in [4.78, 5) is 79.7. The van der Waals surface area contributed by atoms with Crippen LogP contribution < -0.4 is 31.1 Å². The van der Waals surface area contributed by atoms with Gasteiger partial charge in [0.1, 0.15) is 11.4 Å². The van der Waals surface area contributed by atoms with Gasteiger partial charge in [-0.15, -0.1) is 20.5 Å². The number of ketones is 2. The summed E-state index contributed by atoms with van der Waals surface area (Å²) in [7, 11) is -4.98. The molecule has 1 saturated carbocycles. The van der Waals surface area contributed by atoms with Crippen molar-refractivity contribution in [3.05, 3.63) is 124 Å². The number of azo groups is 2. The van der Waals surface area contributed by atoms with Crippen molar-refractivity contribution in [3.63, 3.8) is 0 Å². The van der Waals surface area contributed by atoms with Crippen LogP contribution in [0.4, 0.5) is 67.7 Å². The number of aromatic nitrogens is 5. The number of nitrogens with zero attached hydrogens (tertiary/aromatic N) is 11. The van der Waals surface area contributed by atoms with E-state index in [4.69, 9.17) is 15.0 Å². The van der Waals surface area contributed by atoms with Crippen molar-refractivity contribution in [2.45, 2.75) is 89.1 Å². The lowest BCUT2D eigenvalue weighted by atomic mass is 10.0. The summed E-state index contributed by atoms with van der Waals surface area (Å²) in [6, 6.07) is 28.4. The van der Waals surface area contributed by atoms with Gasteiger partial charge in [-0.25, -0.2) is 9.97 Å². The molecule has 0 atom stereocenters. The minimum absolute atomic E-state index is 0.0475. The number of para-hydroxylation sites is 2. The van der Waals surface area contributed by atoms with Crippen LogP contribution in [-0.4, -0.2) is 92.7 Å². The number of thiazole rings is 2. The van der Waals surface area contributed by atoms with Gasteiger partial charge in [-0.05, 0) is 127 Å². The average Bonchev–Trinajstić information content (AvgIpc) is 4.36. The first-order valence-corrected chi connectivity index (χ1v) is 30.7.